The van der Waals surface area contributed by atoms with E-state index in [1.165, 1.54) is 26.4 Å². The van der Waals surface area contributed by atoms with Gasteiger partial charge < -0.3 is 24.3 Å². The summed E-state index contributed by atoms with van der Waals surface area (Å²) < 4.78 is 16.6. The molecule has 1 amide bonds. The van der Waals surface area contributed by atoms with Gasteiger partial charge in [-0.15, -0.1) is 0 Å². The standard InChI is InChI=1S/C23H20N2O7/c1-30-18-8-12-13(23(27)24-15(12)9-19(18)31-2)7-14-21-11-5-3-4-6-17(11)32-20(21)10-16(22(14)26)25(28)29/h7-10,26H,3-6H2,1-2H3,(H,24,27). The third-order valence-electron chi connectivity index (χ3n) is 6.03. The van der Waals surface area contributed by atoms with Crippen LogP contribution >= 0.6 is 0 Å². The van der Waals surface area contributed by atoms with Gasteiger partial charge in [0.2, 0.25) is 5.75 Å². The molecular weight excluding hydrogens is 416 g/mol. The summed E-state index contributed by atoms with van der Waals surface area (Å²) in [6, 6.07) is 4.56. The van der Waals surface area contributed by atoms with E-state index in [4.69, 9.17) is 13.9 Å². The van der Waals surface area contributed by atoms with Crippen LogP contribution in [0.3, 0.4) is 0 Å². The molecule has 2 N–H and O–H groups in total. The predicted octanol–water partition coefficient (Wildman–Crippen LogP) is 4.44. The quantitative estimate of drug-likeness (QED) is 0.352. The molecule has 9 heteroatoms. The van der Waals surface area contributed by atoms with Gasteiger partial charge >= 0.3 is 5.69 Å². The number of amides is 1. The van der Waals surface area contributed by atoms with Crippen molar-refractivity contribution in [2.24, 2.45) is 0 Å². The highest BCUT2D eigenvalue weighted by atomic mass is 16.6. The number of hydrogen-bond acceptors (Lipinski definition) is 7. The molecule has 0 unspecified atom stereocenters. The molecule has 32 heavy (non-hydrogen) atoms. The fraction of sp³-hybridized carbons (Fsp3) is 0.261. The molecule has 1 aromatic heterocycles. The number of rotatable bonds is 4. The van der Waals surface area contributed by atoms with E-state index in [-0.39, 0.29) is 11.1 Å². The normalized spacial score (nSPS) is 16.1. The van der Waals surface area contributed by atoms with Crippen LogP contribution in [0.15, 0.2) is 22.6 Å². The number of furan rings is 1. The van der Waals surface area contributed by atoms with Crippen LogP contribution in [0.4, 0.5) is 11.4 Å². The Labute approximate surface area is 182 Å². The minimum absolute atomic E-state index is 0.203. The van der Waals surface area contributed by atoms with Gasteiger partial charge in [0.15, 0.2) is 11.5 Å². The molecule has 9 nitrogen and oxygen atoms in total. The van der Waals surface area contributed by atoms with Gasteiger partial charge in [-0.2, -0.15) is 0 Å². The number of nitro groups is 1. The number of nitro benzene ring substituents is 1. The van der Waals surface area contributed by atoms with E-state index in [9.17, 15) is 20.0 Å². The Bertz CT molecular complexity index is 1340. The van der Waals surface area contributed by atoms with E-state index in [2.05, 4.69) is 5.32 Å². The van der Waals surface area contributed by atoms with E-state index in [1.807, 2.05) is 0 Å². The topological polar surface area (TPSA) is 124 Å². The number of carbonyl (C=O) groups is 1. The van der Waals surface area contributed by atoms with Crippen LogP contribution < -0.4 is 14.8 Å². The van der Waals surface area contributed by atoms with Gasteiger partial charge in [0, 0.05) is 40.1 Å². The van der Waals surface area contributed by atoms with E-state index in [1.54, 1.807) is 12.1 Å². The lowest BCUT2D eigenvalue weighted by molar-refractivity contribution is -0.385. The van der Waals surface area contributed by atoms with Gasteiger partial charge in [0.05, 0.1) is 30.9 Å². The lowest BCUT2D eigenvalue weighted by Crippen LogP contribution is -2.04. The predicted molar refractivity (Wildman–Crippen MR) is 117 cm³/mol. The fourth-order valence-electron chi connectivity index (χ4n) is 4.52. The minimum Gasteiger partial charge on any atom is -0.502 e. The van der Waals surface area contributed by atoms with E-state index >= 15 is 0 Å². The Balaban J connectivity index is 1.79. The number of methoxy groups -OCH3 is 2. The summed E-state index contributed by atoms with van der Waals surface area (Å²) >= 11 is 0. The van der Waals surface area contributed by atoms with Crippen LogP contribution in [0.2, 0.25) is 0 Å². The van der Waals surface area contributed by atoms with Crippen molar-refractivity contribution >= 4 is 39.9 Å². The van der Waals surface area contributed by atoms with Crippen molar-refractivity contribution in [3.8, 4) is 17.2 Å². The highest BCUT2D eigenvalue weighted by Gasteiger charge is 2.31. The van der Waals surface area contributed by atoms with E-state index < -0.39 is 22.3 Å². The van der Waals surface area contributed by atoms with Crippen LogP contribution in [0.1, 0.15) is 35.3 Å². The van der Waals surface area contributed by atoms with Gasteiger partial charge in [-0.25, -0.2) is 0 Å². The Morgan fingerprint density at radius 1 is 1.16 bits per heavy atom. The second kappa shape index (κ2) is 7.30. The molecule has 1 aliphatic heterocycles. The number of carbonyl (C=O) groups excluding carboxylic acids is 1. The molecule has 0 saturated carbocycles. The summed E-state index contributed by atoms with van der Waals surface area (Å²) in [5, 5.41) is 25.8. The first-order valence-electron chi connectivity index (χ1n) is 10.2. The highest BCUT2D eigenvalue weighted by Crippen LogP contribution is 2.46. The van der Waals surface area contributed by atoms with Crippen molar-refractivity contribution in [1.82, 2.24) is 0 Å². The number of aryl methyl sites for hydroxylation is 2. The molecule has 164 valence electrons. The first kappa shape index (κ1) is 19.9. The third-order valence-corrected chi connectivity index (χ3v) is 6.03. The van der Waals surface area contributed by atoms with Crippen LogP contribution in [0.5, 0.6) is 17.2 Å². The zero-order chi connectivity index (χ0) is 22.6. The smallest absolute Gasteiger partial charge is 0.315 e. The molecule has 2 aromatic carbocycles. The van der Waals surface area contributed by atoms with Crippen LogP contribution in [0.25, 0.3) is 22.6 Å². The van der Waals surface area contributed by atoms with Crippen molar-refractivity contribution in [3.63, 3.8) is 0 Å². The van der Waals surface area contributed by atoms with Gasteiger partial charge in [0.25, 0.3) is 5.91 Å². The Morgan fingerprint density at radius 2 is 1.88 bits per heavy atom. The summed E-state index contributed by atoms with van der Waals surface area (Å²) in [5.74, 6) is 0.770. The highest BCUT2D eigenvalue weighted by molar-refractivity contribution is 6.35. The number of phenolic OH excluding ortho intramolecular Hbond substituents is 1. The number of nitrogens with one attached hydrogen (secondary N) is 1. The Kier molecular flexibility index (Phi) is 4.54. The molecule has 0 atom stereocenters. The maximum absolute atomic E-state index is 12.8. The molecule has 0 radical (unpaired) electrons. The van der Waals surface area contributed by atoms with Crippen LogP contribution in [-0.2, 0) is 17.6 Å². The molecular formula is C23H20N2O7. The lowest BCUT2D eigenvalue weighted by atomic mass is 9.92. The third kappa shape index (κ3) is 2.89. The average Bonchev–Trinajstić information content (AvgIpc) is 3.30. The maximum Gasteiger partial charge on any atom is 0.315 e. The minimum atomic E-state index is -0.658. The number of nitrogens with zero attached hydrogens (tertiary/aromatic N) is 1. The fourth-order valence-corrected chi connectivity index (χ4v) is 4.52. The molecule has 0 spiro atoms. The molecule has 0 fully saturated rings. The number of benzene rings is 2. The molecule has 3 aromatic rings. The summed E-state index contributed by atoms with van der Waals surface area (Å²) in [6.07, 6.45) is 4.88. The Morgan fingerprint density at radius 3 is 2.59 bits per heavy atom. The molecule has 1 aliphatic carbocycles. The van der Waals surface area contributed by atoms with Gasteiger partial charge in [-0.3, -0.25) is 14.9 Å². The summed E-state index contributed by atoms with van der Waals surface area (Å²) in [6.45, 7) is 0. The van der Waals surface area contributed by atoms with Crippen LogP contribution in [0, 0.1) is 10.1 Å². The second-order valence-electron chi connectivity index (χ2n) is 7.76. The van der Waals surface area contributed by atoms with Gasteiger partial charge in [-0.1, -0.05) is 0 Å². The number of fused-ring (bicyclic) bond motifs is 4. The monoisotopic (exact) mass is 436 g/mol. The van der Waals surface area contributed by atoms with Crippen molar-refractivity contribution < 1.29 is 28.7 Å². The molecule has 5 rings (SSSR count). The average molecular weight is 436 g/mol. The summed E-state index contributed by atoms with van der Waals surface area (Å²) in [7, 11) is 2.99. The largest absolute Gasteiger partial charge is 0.502 e. The van der Waals surface area contributed by atoms with Crippen LogP contribution in [-0.4, -0.2) is 30.2 Å². The van der Waals surface area contributed by atoms with Crippen molar-refractivity contribution in [1.29, 1.82) is 0 Å². The SMILES string of the molecule is COc1cc2c(cc1OC)C(=Cc1c(O)c([N+](=O)[O-])cc3oc4c(c13)CCCC4)C(=O)N2. The van der Waals surface area contributed by atoms with E-state index in [0.29, 0.717) is 33.7 Å². The zero-order valence-corrected chi connectivity index (χ0v) is 17.5. The van der Waals surface area contributed by atoms with E-state index in [0.717, 1.165) is 37.0 Å². The number of phenols is 1. The second-order valence-corrected chi connectivity index (χ2v) is 7.76. The van der Waals surface area contributed by atoms with Crippen molar-refractivity contribution in [2.45, 2.75) is 25.7 Å². The summed E-state index contributed by atoms with van der Waals surface area (Å²) in [4.78, 5) is 23.8. The maximum atomic E-state index is 12.8. The van der Waals surface area contributed by atoms with Crippen molar-refractivity contribution in [2.75, 3.05) is 19.5 Å². The number of aromatic hydroxyl groups is 1. The van der Waals surface area contributed by atoms with Crippen molar-refractivity contribution in [3.05, 3.63) is 50.8 Å². The summed E-state index contributed by atoms with van der Waals surface area (Å²) in [5.41, 5.74) is 2.31. The molecule has 0 bridgehead atoms. The molecule has 0 saturated heterocycles. The van der Waals surface area contributed by atoms with Gasteiger partial charge in [0.1, 0.15) is 11.3 Å². The first-order chi connectivity index (χ1) is 15.4. The van der Waals surface area contributed by atoms with Gasteiger partial charge in [-0.05, 0) is 31.4 Å². The first-order valence-corrected chi connectivity index (χ1v) is 10.2. The zero-order valence-electron chi connectivity index (χ0n) is 17.5. The number of anilines is 1. The number of ether oxygens (including phenoxy) is 2. The molecule has 2 heterocycles. The number of hydrogen-bond donors (Lipinski definition) is 2. The lowest BCUT2D eigenvalue weighted by Gasteiger charge is -2.11. The Hall–Kier alpha value is -4.01. The molecule has 2 aliphatic rings.